The monoisotopic (exact) mass is 455 g/mol. The van der Waals surface area contributed by atoms with Crippen LogP contribution in [0.15, 0.2) is 0 Å². The third-order valence-corrected chi connectivity index (χ3v) is 1.90. The van der Waals surface area contributed by atoms with Crippen LogP contribution in [0.4, 0.5) is 0 Å². The fourth-order valence-electron chi connectivity index (χ4n) is 0.427. The van der Waals surface area contributed by atoms with E-state index in [0.29, 0.717) is 0 Å². The standard InChI is InChI=1S/C5H11.Al.Ba.Ru.Ti.Zn.5H/c1-3-5-4-2;;;;;;;;;;/h1,3-5H2,2H3;;;;;;;;;;. The van der Waals surface area contributed by atoms with Crippen LogP contribution in [0.1, 0.15) is 26.2 Å². The minimum atomic E-state index is 0. The Kier molecular flexibility index (Phi) is 85.4. The third-order valence-electron chi connectivity index (χ3n) is 0.854. The van der Waals surface area contributed by atoms with E-state index < -0.39 is 0 Å². The van der Waals surface area contributed by atoms with Gasteiger partial charge in [0.05, 0.1) is 0 Å². The molecule has 0 fully saturated rings. The van der Waals surface area contributed by atoms with Crippen molar-refractivity contribution in [3.8, 4) is 0 Å². The number of hydrogen-bond acceptors (Lipinski definition) is 0. The Labute approximate surface area is 153 Å². The van der Waals surface area contributed by atoms with Crippen molar-refractivity contribution in [2.45, 2.75) is 31.2 Å². The first kappa shape index (κ1) is 29.2. The molecular weight excluding hydrogens is 439 g/mol. The Bertz CT molecular complexity index is 33.6. The Morgan fingerprint density at radius 3 is 1.70 bits per heavy atom. The smallest absolute Gasteiger partial charge is 0 e. The Balaban J connectivity index is -0.0000000208. The summed E-state index contributed by atoms with van der Waals surface area (Å²) in [5.41, 5.74) is 0. The summed E-state index contributed by atoms with van der Waals surface area (Å²) in [6.45, 7) is 2.25. The average Bonchev–Trinajstić information content (AvgIpc) is 1.61. The van der Waals surface area contributed by atoms with E-state index in [4.69, 9.17) is 0 Å². The maximum absolute atomic E-state index is 2.25. The molecule has 0 bridgehead atoms. The molecule has 55 valence electrons. The van der Waals surface area contributed by atoms with Crippen LogP contribution in [0.5, 0.6) is 0 Å². The molecule has 0 aliphatic rings. The Hall–Kier alpha value is 4.06. The van der Waals surface area contributed by atoms with Crippen molar-refractivity contribution in [2.24, 2.45) is 0 Å². The number of unbranched alkanes of at least 4 members (excludes halogenated alkanes) is 2. The summed E-state index contributed by atoms with van der Waals surface area (Å²) in [6, 6.07) is 0. The van der Waals surface area contributed by atoms with Crippen molar-refractivity contribution in [1.82, 2.24) is 0 Å². The number of hydrogen-bond donors (Lipinski definition) is 0. The van der Waals surface area contributed by atoms with Gasteiger partial charge < -0.3 is 0 Å². The van der Waals surface area contributed by atoms with Crippen molar-refractivity contribution in [1.29, 1.82) is 0 Å². The van der Waals surface area contributed by atoms with E-state index in [-0.39, 0.29) is 107 Å². The summed E-state index contributed by atoms with van der Waals surface area (Å²) in [5.74, 6) is 0. The maximum Gasteiger partial charge on any atom is 0 e. The maximum atomic E-state index is 2.25. The van der Waals surface area contributed by atoms with E-state index in [2.05, 4.69) is 6.92 Å². The van der Waals surface area contributed by atoms with E-state index in [1.54, 1.807) is 0 Å². The van der Waals surface area contributed by atoms with E-state index in [0.717, 1.165) is 0 Å². The molecule has 0 rings (SSSR count). The van der Waals surface area contributed by atoms with Crippen molar-refractivity contribution in [2.75, 3.05) is 0 Å². The molecular formula is C5H16AlBaRuTiZn. The van der Waals surface area contributed by atoms with Crippen LogP contribution in [0, 0.1) is 0 Å². The Morgan fingerprint density at radius 2 is 1.60 bits per heavy atom. The summed E-state index contributed by atoms with van der Waals surface area (Å²) in [4.78, 5) is 0. The van der Waals surface area contributed by atoms with E-state index in [1.165, 1.54) is 42.6 Å². The second kappa shape index (κ2) is 29.2. The molecule has 0 unspecified atom stereocenters. The number of rotatable bonds is 3. The van der Waals surface area contributed by atoms with Crippen LogP contribution in [-0.2, 0) is 59.5 Å². The first-order valence-electron chi connectivity index (χ1n) is 2.71. The van der Waals surface area contributed by atoms with Gasteiger partial charge in [-0.2, -0.15) is 0 Å². The van der Waals surface area contributed by atoms with Crippen LogP contribution < -0.4 is 0 Å². The van der Waals surface area contributed by atoms with Gasteiger partial charge in [-0.05, 0) is 0 Å². The molecule has 0 saturated heterocycles. The molecule has 0 atom stereocenters. The summed E-state index contributed by atoms with van der Waals surface area (Å²) in [5, 5.41) is 1.48. The van der Waals surface area contributed by atoms with Crippen molar-refractivity contribution >= 4 is 66.2 Å². The molecule has 0 aliphatic carbocycles. The van der Waals surface area contributed by atoms with Crippen LogP contribution in [0.2, 0.25) is 5.02 Å². The van der Waals surface area contributed by atoms with Crippen LogP contribution in [0.25, 0.3) is 0 Å². The fraction of sp³-hybridized carbons (Fsp3) is 1.00. The molecule has 0 spiro atoms. The molecule has 0 aromatic rings. The SMILES string of the molecule is CCCC[CH2][Zn].[AlH3].[BaH2].[Ru].[Ti]. The second-order valence-electron chi connectivity index (χ2n) is 1.56. The summed E-state index contributed by atoms with van der Waals surface area (Å²) < 4.78 is 0. The molecule has 5 heteroatoms. The van der Waals surface area contributed by atoms with E-state index in [1.807, 2.05) is 0 Å². The zero-order valence-corrected chi connectivity index (χ0v) is 11.7. The quantitative estimate of drug-likeness (QED) is 0.417. The van der Waals surface area contributed by atoms with Gasteiger partial charge in [-0.15, -0.1) is 0 Å². The van der Waals surface area contributed by atoms with E-state index >= 15 is 0 Å². The van der Waals surface area contributed by atoms with Gasteiger partial charge in [0.25, 0.3) is 0 Å². The molecule has 0 amide bonds. The van der Waals surface area contributed by atoms with Gasteiger partial charge in [0, 0.05) is 41.2 Å². The van der Waals surface area contributed by atoms with Gasteiger partial charge in [0.1, 0.15) is 0 Å². The summed E-state index contributed by atoms with van der Waals surface area (Å²) >= 11 is 1.49. The van der Waals surface area contributed by atoms with Crippen LogP contribution in [-0.4, -0.2) is 66.2 Å². The van der Waals surface area contributed by atoms with Gasteiger partial charge in [0.2, 0.25) is 0 Å². The zero-order chi connectivity index (χ0) is 4.83. The Morgan fingerprint density at radius 1 is 1.20 bits per heavy atom. The van der Waals surface area contributed by atoms with Crippen molar-refractivity contribution in [3.05, 3.63) is 0 Å². The second-order valence-corrected chi connectivity index (χ2v) is 3.04. The molecule has 0 saturated carbocycles. The minimum absolute atomic E-state index is 0. The molecule has 0 radical (unpaired) electrons. The predicted molar refractivity (Wildman–Crippen MR) is 42.8 cm³/mol. The topological polar surface area (TPSA) is 0 Å². The van der Waals surface area contributed by atoms with Gasteiger partial charge >= 0.3 is 98.4 Å². The largest absolute Gasteiger partial charge is 0 e. The first-order chi connectivity index (χ1) is 2.91. The van der Waals surface area contributed by atoms with Gasteiger partial charge in [0.15, 0.2) is 17.4 Å². The predicted octanol–water partition coefficient (Wildman–Crippen LogP) is 0.0366. The first-order valence-corrected chi connectivity index (χ1v) is 4.81. The summed E-state index contributed by atoms with van der Waals surface area (Å²) in [7, 11) is 0. The molecule has 0 heterocycles. The molecule has 0 aromatic carbocycles. The normalized spacial score (nSPS) is 5.50. The third kappa shape index (κ3) is 29.6. The molecule has 0 nitrogen and oxygen atoms in total. The van der Waals surface area contributed by atoms with Gasteiger partial charge in [-0.3, -0.25) is 0 Å². The average molecular weight is 455 g/mol. The van der Waals surface area contributed by atoms with E-state index in [9.17, 15) is 0 Å². The van der Waals surface area contributed by atoms with Crippen molar-refractivity contribution < 1.29 is 59.5 Å². The molecule has 10 heavy (non-hydrogen) atoms. The molecule has 0 N–H and O–H groups in total. The van der Waals surface area contributed by atoms with Crippen LogP contribution in [0.3, 0.4) is 0 Å². The van der Waals surface area contributed by atoms with Crippen molar-refractivity contribution in [3.63, 3.8) is 0 Å². The molecule has 0 aromatic heterocycles. The fourth-order valence-corrected chi connectivity index (χ4v) is 1.17. The minimum Gasteiger partial charge on any atom is 0 e. The van der Waals surface area contributed by atoms with Crippen LogP contribution >= 0.6 is 0 Å². The van der Waals surface area contributed by atoms with Gasteiger partial charge in [-0.1, -0.05) is 0 Å². The van der Waals surface area contributed by atoms with Gasteiger partial charge in [-0.25, -0.2) is 0 Å². The zero-order valence-electron chi connectivity index (χ0n) is 5.39. The summed E-state index contributed by atoms with van der Waals surface area (Å²) in [6.07, 6.45) is 4.29. The molecule has 0 aliphatic heterocycles.